The molecule has 9 rings (SSSR count). The second kappa shape index (κ2) is 13.2. The lowest BCUT2D eigenvalue weighted by Crippen LogP contribution is -2.12. The fraction of sp³-hybridized carbons (Fsp3) is 0.0800. The van der Waals surface area contributed by atoms with Gasteiger partial charge in [0.05, 0.1) is 16.7 Å². The van der Waals surface area contributed by atoms with E-state index in [1.54, 1.807) is 0 Å². The molecule has 0 amide bonds. The van der Waals surface area contributed by atoms with Crippen LogP contribution in [0.25, 0.3) is 38.3 Å². The lowest BCUT2D eigenvalue weighted by atomic mass is 9.86. The number of anilines is 6. The number of benzene rings is 8. The Morgan fingerprint density at radius 3 is 1.53 bits per heavy atom. The molecular weight excluding hydrogens is 643 g/mol. The van der Waals surface area contributed by atoms with Crippen molar-refractivity contribution in [2.45, 2.75) is 26.2 Å². The molecule has 0 aliphatic heterocycles. The van der Waals surface area contributed by atoms with Crippen molar-refractivity contribution >= 4 is 66.7 Å². The highest BCUT2D eigenvalue weighted by Gasteiger charge is 2.21. The Balaban J connectivity index is 1.21. The standard InChI is InChI=1S/C50H41N3/c1-50(2,3)37-26-32-48-45(34-37)46-35-43(31-33-49(46)53(48)40-22-11-6-12-23-40)51(38-18-7-4-8-19-38)41-27-29-42(30-28-41)52(39-20-9-5-10-21-39)47-25-15-17-36-16-13-14-24-44(36)47/h4-35H,1-3H3. The maximum absolute atomic E-state index is 2.40. The fourth-order valence-electron chi connectivity index (χ4n) is 7.65. The molecule has 0 aliphatic rings. The molecule has 0 N–H and O–H groups in total. The minimum Gasteiger partial charge on any atom is -0.310 e. The molecule has 256 valence electrons. The molecule has 0 saturated heterocycles. The fourth-order valence-corrected chi connectivity index (χ4v) is 7.65. The van der Waals surface area contributed by atoms with E-state index in [2.05, 4.69) is 229 Å². The molecule has 0 fully saturated rings. The van der Waals surface area contributed by atoms with Crippen molar-refractivity contribution < 1.29 is 0 Å². The van der Waals surface area contributed by atoms with Crippen molar-refractivity contribution in [1.82, 2.24) is 4.57 Å². The van der Waals surface area contributed by atoms with Gasteiger partial charge in [-0.3, -0.25) is 0 Å². The first-order chi connectivity index (χ1) is 25.9. The second-order valence-corrected chi connectivity index (χ2v) is 14.7. The first-order valence-electron chi connectivity index (χ1n) is 18.4. The van der Waals surface area contributed by atoms with Gasteiger partial charge in [-0.05, 0) is 113 Å². The Bertz CT molecular complexity index is 2680. The first kappa shape index (κ1) is 32.3. The molecule has 0 spiro atoms. The summed E-state index contributed by atoms with van der Waals surface area (Å²) < 4.78 is 2.40. The molecule has 0 atom stereocenters. The summed E-state index contributed by atoms with van der Waals surface area (Å²) in [6.45, 7) is 6.86. The van der Waals surface area contributed by atoms with Gasteiger partial charge < -0.3 is 14.4 Å². The topological polar surface area (TPSA) is 11.4 Å². The molecule has 0 aliphatic carbocycles. The van der Waals surface area contributed by atoms with Crippen LogP contribution in [0.4, 0.5) is 34.1 Å². The maximum Gasteiger partial charge on any atom is 0.0542 e. The summed E-state index contributed by atoms with van der Waals surface area (Å²) in [6.07, 6.45) is 0. The Morgan fingerprint density at radius 2 is 0.868 bits per heavy atom. The van der Waals surface area contributed by atoms with E-state index < -0.39 is 0 Å². The number of hydrogen-bond donors (Lipinski definition) is 0. The average molecular weight is 684 g/mol. The molecular formula is C50H41N3. The Labute approximate surface area is 311 Å². The van der Waals surface area contributed by atoms with Gasteiger partial charge in [0.1, 0.15) is 0 Å². The number of rotatable bonds is 7. The minimum atomic E-state index is 0.0322. The lowest BCUT2D eigenvalue weighted by molar-refractivity contribution is 0.591. The predicted molar refractivity (Wildman–Crippen MR) is 226 cm³/mol. The Kier molecular flexibility index (Phi) is 8.05. The summed E-state index contributed by atoms with van der Waals surface area (Å²) in [4.78, 5) is 4.73. The molecule has 53 heavy (non-hydrogen) atoms. The second-order valence-electron chi connectivity index (χ2n) is 14.7. The monoisotopic (exact) mass is 683 g/mol. The van der Waals surface area contributed by atoms with Gasteiger partial charge in [-0.15, -0.1) is 0 Å². The highest BCUT2D eigenvalue weighted by Crippen LogP contribution is 2.43. The largest absolute Gasteiger partial charge is 0.310 e. The number of fused-ring (bicyclic) bond motifs is 4. The normalized spacial score (nSPS) is 11.7. The minimum absolute atomic E-state index is 0.0322. The van der Waals surface area contributed by atoms with E-state index in [-0.39, 0.29) is 5.41 Å². The SMILES string of the molecule is CC(C)(C)c1ccc2c(c1)c1cc(N(c3ccccc3)c3ccc(N(c4ccccc4)c4cccc5ccccc45)cc3)ccc1n2-c1ccccc1. The van der Waals surface area contributed by atoms with Crippen molar-refractivity contribution in [3.63, 3.8) is 0 Å². The molecule has 0 saturated carbocycles. The average Bonchev–Trinajstić information content (AvgIpc) is 3.53. The molecule has 1 aromatic heterocycles. The molecule has 0 radical (unpaired) electrons. The van der Waals surface area contributed by atoms with Gasteiger partial charge in [-0.1, -0.05) is 118 Å². The Morgan fingerprint density at radius 1 is 0.377 bits per heavy atom. The zero-order valence-corrected chi connectivity index (χ0v) is 30.3. The van der Waals surface area contributed by atoms with Crippen LogP contribution in [-0.2, 0) is 5.41 Å². The van der Waals surface area contributed by atoms with Crippen LogP contribution in [0.2, 0.25) is 0 Å². The number of nitrogens with zero attached hydrogens (tertiary/aromatic N) is 3. The third kappa shape index (κ3) is 5.91. The number of hydrogen-bond acceptors (Lipinski definition) is 2. The third-order valence-electron chi connectivity index (χ3n) is 10.3. The molecule has 3 nitrogen and oxygen atoms in total. The van der Waals surface area contributed by atoms with E-state index in [9.17, 15) is 0 Å². The zero-order valence-electron chi connectivity index (χ0n) is 30.3. The van der Waals surface area contributed by atoms with Crippen LogP contribution in [0.15, 0.2) is 194 Å². The van der Waals surface area contributed by atoms with Crippen molar-refractivity contribution in [1.29, 1.82) is 0 Å². The van der Waals surface area contributed by atoms with Crippen LogP contribution >= 0.6 is 0 Å². The highest BCUT2D eigenvalue weighted by molar-refractivity contribution is 6.11. The molecule has 0 bridgehead atoms. The van der Waals surface area contributed by atoms with Crippen molar-refractivity contribution in [2.75, 3.05) is 9.80 Å². The maximum atomic E-state index is 2.40. The molecule has 1 heterocycles. The molecule has 0 unspecified atom stereocenters. The van der Waals surface area contributed by atoms with Gasteiger partial charge in [-0.25, -0.2) is 0 Å². The number of aromatic nitrogens is 1. The van der Waals surface area contributed by atoms with E-state index in [0.29, 0.717) is 0 Å². The Hall–Kier alpha value is -6.58. The summed E-state index contributed by atoms with van der Waals surface area (Å²) in [5.41, 5.74) is 11.6. The van der Waals surface area contributed by atoms with Crippen LogP contribution in [0, 0.1) is 0 Å². The van der Waals surface area contributed by atoms with Gasteiger partial charge >= 0.3 is 0 Å². The van der Waals surface area contributed by atoms with Crippen LogP contribution in [-0.4, -0.2) is 4.57 Å². The molecule has 3 heteroatoms. The van der Waals surface area contributed by atoms with Gasteiger partial charge in [0, 0.05) is 50.3 Å². The van der Waals surface area contributed by atoms with Crippen LogP contribution in [0.5, 0.6) is 0 Å². The van der Waals surface area contributed by atoms with E-state index in [4.69, 9.17) is 0 Å². The smallest absolute Gasteiger partial charge is 0.0542 e. The van der Waals surface area contributed by atoms with Crippen molar-refractivity contribution in [3.05, 3.63) is 200 Å². The van der Waals surface area contributed by atoms with Gasteiger partial charge in [0.2, 0.25) is 0 Å². The van der Waals surface area contributed by atoms with Crippen molar-refractivity contribution in [3.8, 4) is 5.69 Å². The highest BCUT2D eigenvalue weighted by atomic mass is 15.2. The van der Waals surface area contributed by atoms with E-state index in [0.717, 1.165) is 39.8 Å². The van der Waals surface area contributed by atoms with E-state index in [1.165, 1.54) is 38.1 Å². The first-order valence-corrected chi connectivity index (χ1v) is 18.4. The number of para-hydroxylation sites is 3. The van der Waals surface area contributed by atoms with Crippen LogP contribution < -0.4 is 9.80 Å². The zero-order chi connectivity index (χ0) is 35.9. The summed E-state index contributed by atoms with van der Waals surface area (Å²) >= 11 is 0. The quantitative estimate of drug-likeness (QED) is 0.166. The summed E-state index contributed by atoms with van der Waals surface area (Å²) in [5.74, 6) is 0. The summed E-state index contributed by atoms with van der Waals surface area (Å²) in [5, 5.41) is 4.93. The molecule has 9 aromatic rings. The summed E-state index contributed by atoms with van der Waals surface area (Å²) in [6, 6.07) is 70.1. The predicted octanol–water partition coefficient (Wildman–Crippen LogP) is 14.2. The molecule has 8 aromatic carbocycles. The lowest BCUT2D eigenvalue weighted by Gasteiger charge is -2.29. The van der Waals surface area contributed by atoms with Crippen molar-refractivity contribution in [2.24, 2.45) is 0 Å². The van der Waals surface area contributed by atoms with Gasteiger partial charge in [0.15, 0.2) is 0 Å². The van der Waals surface area contributed by atoms with Gasteiger partial charge in [-0.2, -0.15) is 0 Å². The van der Waals surface area contributed by atoms with E-state index in [1.807, 2.05) is 0 Å². The van der Waals surface area contributed by atoms with E-state index >= 15 is 0 Å². The summed E-state index contributed by atoms with van der Waals surface area (Å²) in [7, 11) is 0. The van der Waals surface area contributed by atoms with Crippen LogP contribution in [0.3, 0.4) is 0 Å². The van der Waals surface area contributed by atoms with Crippen LogP contribution in [0.1, 0.15) is 26.3 Å². The van der Waals surface area contributed by atoms with Gasteiger partial charge in [0.25, 0.3) is 0 Å². The third-order valence-corrected chi connectivity index (χ3v) is 10.3.